The minimum Gasteiger partial charge on any atom is -0.481 e. The summed E-state index contributed by atoms with van der Waals surface area (Å²) < 4.78 is 5.32. The molecule has 0 aliphatic carbocycles. The Kier molecular flexibility index (Phi) is 5.72. The highest BCUT2D eigenvalue weighted by Crippen LogP contribution is 2.07. The molecule has 3 heteroatoms. The summed E-state index contributed by atoms with van der Waals surface area (Å²) in [5.74, 6) is -1.21. The largest absolute Gasteiger partial charge is 0.481 e. The van der Waals surface area contributed by atoms with E-state index in [1.54, 1.807) is 13.8 Å². The maximum atomic E-state index is 10.5. The Morgan fingerprint density at radius 3 is 2.50 bits per heavy atom. The smallest absolute Gasteiger partial charge is 0.308 e. The lowest BCUT2D eigenvalue weighted by atomic mass is 10.1. The van der Waals surface area contributed by atoms with Gasteiger partial charge in [-0.15, -0.1) is 0 Å². The minimum atomic E-state index is -0.793. The summed E-state index contributed by atoms with van der Waals surface area (Å²) in [6.45, 7) is 6.21. The van der Waals surface area contributed by atoms with Crippen molar-refractivity contribution in [2.75, 3.05) is 6.61 Å². The lowest BCUT2D eigenvalue weighted by Gasteiger charge is -2.16. The first-order valence-electron chi connectivity index (χ1n) is 4.44. The van der Waals surface area contributed by atoms with Gasteiger partial charge in [-0.2, -0.15) is 0 Å². The van der Waals surface area contributed by atoms with Crippen molar-refractivity contribution in [3.8, 4) is 0 Å². The number of ether oxygens (including phenoxy) is 1. The normalized spacial score (nSPS) is 15.6. The van der Waals surface area contributed by atoms with Crippen molar-refractivity contribution in [1.29, 1.82) is 0 Å². The Labute approximate surface area is 73.7 Å². The molecule has 0 bridgehead atoms. The summed E-state index contributed by atoms with van der Waals surface area (Å²) in [6, 6.07) is 0. The van der Waals surface area contributed by atoms with E-state index >= 15 is 0 Å². The van der Waals surface area contributed by atoms with Crippen molar-refractivity contribution >= 4 is 5.97 Å². The van der Waals surface area contributed by atoms with Gasteiger partial charge in [0, 0.05) is 6.61 Å². The van der Waals surface area contributed by atoms with Crippen molar-refractivity contribution in [2.45, 2.75) is 39.7 Å². The maximum Gasteiger partial charge on any atom is 0.308 e. The van der Waals surface area contributed by atoms with E-state index in [4.69, 9.17) is 9.84 Å². The maximum absolute atomic E-state index is 10.5. The van der Waals surface area contributed by atoms with Crippen LogP contribution in [0.4, 0.5) is 0 Å². The molecule has 12 heavy (non-hydrogen) atoms. The predicted molar refractivity (Wildman–Crippen MR) is 47.1 cm³/mol. The molecule has 0 aromatic rings. The number of carboxylic acids is 1. The summed E-state index contributed by atoms with van der Waals surface area (Å²) in [7, 11) is 0. The number of aliphatic carboxylic acids is 1. The topological polar surface area (TPSA) is 46.5 Å². The van der Waals surface area contributed by atoms with E-state index in [2.05, 4.69) is 6.92 Å². The van der Waals surface area contributed by atoms with E-state index in [1.165, 1.54) is 0 Å². The van der Waals surface area contributed by atoms with Crippen molar-refractivity contribution in [2.24, 2.45) is 5.92 Å². The second-order valence-electron chi connectivity index (χ2n) is 3.06. The third kappa shape index (κ3) is 4.34. The molecule has 2 atom stereocenters. The molecular weight excluding hydrogens is 156 g/mol. The van der Waals surface area contributed by atoms with Crippen LogP contribution in [-0.2, 0) is 9.53 Å². The van der Waals surface area contributed by atoms with Gasteiger partial charge >= 0.3 is 5.97 Å². The second-order valence-corrected chi connectivity index (χ2v) is 3.06. The van der Waals surface area contributed by atoms with Gasteiger partial charge in [0.2, 0.25) is 0 Å². The minimum absolute atomic E-state index is 0.186. The molecule has 0 aromatic carbocycles. The quantitative estimate of drug-likeness (QED) is 0.626. The monoisotopic (exact) mass is 174 g/mol. The van der Waals surface area contributed by atoms with E-state index in [9.17, 15) is 4.79 Å². The van der Waals surface area contributed by atoms with E-state index in [-0.39, 0.29) is 6.10 Å². The summed E-state index contributed by atoms with van der Waals surface area (Å²) >= 11 is 0. The SMILES string of the molecule is CCCCO[C@@H](C)[C@@H](C)C(=O)O. The van der Waals surface area contributed by atoms with Crippen molar-refractivity contribution in [3.63, 3.8) is 0 Å². The highest BCUT2D eigenvalue weighted by Gasteiger charge is 2.19. The molecule has 0 saturated heterocycles. The molecule has 0 rings (SSSR count). The second kappa shape index (κ2) is 6.00. The summed E-state index contributed by atoms with van der Waals surface area (Å²) in [5, 5.41) is 8.63. The number of rotatable bonds is 6. The fourth-order valence-corrected chi connectivity index (χ4v) is 0.759. The summed E-state index contributed by atoms with van der Waals surface area (Å²) in [6.07, 6.45) is 1.89. The number of unbranched alkanes of at least 4 members (excludes halogenated alkanes) is 1. The average Bonchev–Trinajstić information content (AvgIpc) is 2.03. The molecule has 0 aliphatic heterocycles. The molecule has 0 unspecified atom stereocenters. The van der Waals surface area contributed by atoms with Gasteiger partial charge in [0.25, 0.3) is 0 Å². The molecule has 0 amide bonds. The van der Waals surface area contributed by atoms with Crippen molar-refractivity contribution in [1.82, 2.24) is 0 Å². The average molecular weight is 174 g/mol. The standard InChI is InChI=1S/C9H18O3/c1-4-5-6-12-8(3)7(2)9(10)11/h7-8H,4-6H2,1-3H3,(H,10,11)/t7-,8+/m1/s1. The number of hydrogen-bond donors (Lipinski definition) is 1. The van der Waals surface area contributed by atoms with Crippen LogP contribution in [0.3, 0.4) is 0 Å². The third-order valence-electron chi connectivity index (χ3n) is 1.97. The van der Waals surface area contributed by atoms with Gasteiger partial charge in [-0.1, -0.05) is 13.3 Å². The van der Waals surface area contributed by atoms with Crippen LogP contribution in [0.1, 0.15) is 33.6 Å². The van der Waals surface area contributed by atoms with Gasteiger partial charge in [-0.05, 0) is 20.3 Å². The molecule has 0 spiro atoms. The van der Waals surface area contributed by atoms with Gasteiger partial charge in [0.05, 0.1) is 12.0 Å². The van der Waals surface area contributed by atoms with Gasteiger partial charge < -0.3 is 9.84 Å². The van der Waals surface area contributed by atoms with Crippen LogP contribution in [0.25, 0.3) is 0 Å². The molecule has 0 heterocycles. The molecule has 0 aliphatic rings. The molecule has 1 N–H and O–H groups in total. The van der Waals surface area contributed by atoms with Crippen LogP contribution >= 0.6 is 0 Å². The van der Waals surface area contributed by atoms with Crippen molar-refractivity contribution in [3.05, 3.63) is 0 Å². The highest BCUT2D eigenvalue weighted by molar-refractivity contribution is 5.70. The summed E-state index contributed by atoms with van der Waals surface area (Å²) in [4.78, 5) is 10.5. The van der Waals surface area contributed by atoms with Crippen LogP contribution in [0.15, 0.2) is 0 Å². The lowest BCUT2D eigenvalue weighted by molar-refractivity contribution is -0.146. The molecule has 0 saturated carbocycles. The molecular formula is C9H18O3. The van der Waals surface area contributed by atoms with Gasteiger partial charge in [-0.25, -0.2) is 0 Å². The number of carbonyl (C=O) groups is 1. The van der Waals surface area contributed by atoms with Crippen LogP contribution < -0.4 is 0 Å². The molecule has 72 valence electrons. The Balaban J connectivity index is 3.56. The van der Waals surface area contributed by atoms with Crippen LogP contribution in [0.2, 0.25) is 0 Å². The Hall–Kier alpha value is -0.570. The Bertz CT molecular complexity index is 134. The van der Waals surface area contributed by atoms with E-state index < -0.39 is 11.9 Å². The number of hydrogen-bond acceptors (Lipinski definition) is 2. The van der Waals surface area contributed by atoms with Gasteiger partial charge in [-0.3, -0.25) is 4.79 Å². The molecule has 0 radical (unpaired) electrons. The fourth-order valence-electron chi connectivity index (χ4n) is 0.759. The van der Waals surface area contributed by atoms with E-state index in [0.29, 0.717) is 6.61 Å². The van der Waals surface area contributed by atoms with E-state index in [0.717, 1.165) is 12.8 Å². The first-order chi connectivity index (χ1) is 5.59. The lowest BCUT2D eigenvalue weighted by Crippen LogP contribution is -2.25. The first kappa shape index (κ1) is 11.4. The molecule has 0 aromatic heterocycles. The molecule has 3 nitrogen and oxygen atoms in total. The first-order valence-corrected chi connectivity index (χ1v) is 4.44. The van der Waals surface area contributed by atoms with Crippen LogP contribution in [0, 0.1) is 5.92 Å². The highest BCUT2D eigenvalue weighted by atomic mass is 16.5. The van der Waals surface area contributed by atoms with Crippen LogP contribution in [-0.4, -0.2) is 23.8 Å². The Morgan fingerprint density at radius 1 is 1.50 bits per heavy atom. The third-order valence-corrected chi connectivity index (χ3v) is 1.97. The predicted octanol–water partition coefficient (Wildman–Crippen LogP) is 1.91. The zero-order chi connectivity index (χ0) is 9.56. The zero-order valence-corrected chi connectivity index (χ0v) is 8.04. The van der Waals surface area contributed by atoms with Crippen LogP contribution in [0.5, 0.6) is 0 Å². The van der Waals surface area contributed by atoms with Gasteiger partial charge in [0.1, 0.15) is 0 Å². The fraction of sp³-hybridized carbons (Fsp3) is 0.889. The summed E-state index contributed by atoms with van der Waals surface area (Å²) in [5.41, 5.74) is 0. The zero-order valence-electron chi connectivity index (χ0n) is 8.04. The molecule has 0 fully saturated rings. The number of carboxylic acid groups (broad SMARTS) is 1. The van der Waals surface area contributed by atoms with E-state index in [1.807, 2.05) is 0 Å². The van der Waals surface area contributed by atoms with Gasteiger partial charge in [0.15, 0.2) is 0 Å². The Morgan fingerprint density at radius 2 is 2.08 bits per heavy atom. The van der Waals surface area contributed by atoms with Crippen molar-refractivity contribution < 1.29 is 14.6 Å².